The molecule has 4 rings (SSSR count). The lowest BCUT2D eigenvalue weighted by atomic mass is 10.2. The molecule has 0 aliphatic rings. The summed E-state index contributed by atoms with van der Waals surface area (Å²) in [5, 5.41) is 7.32. The van der Waals surface area contributed by atoms with E-state index in [-0.39, 0.29) is 24.0 Å². The van der Waals surface area contributed by atoms with Crippen LogP contribution in [0.3, 0.4) is 0 Å². The Balaban J connectivity index is 1.80. The smallest absolute Gasteiger partial charge is 0.243 e. The Kier molecular flexibility index (Phi) is 7.47. The van der Waals surface area contributed by atoms with Crippen molar-refractivity contribution in [2.45, 2.75) is 18.6 Å². The second-order valence-electron chi connectivity index (χ2n) is 7.76. The Morgan fingerprint density at radius 1 is 0.946 bits per heavy atom. The van der Waals surface area contributed by atoms with Crippen molar-refractivity contribution in [2.75, 3.05) is 26.1 Å². The van der Waals surface area contributed by atoms with E-state index in [1.165, 1.54) is 39.0 Å². The SMILES string of the molecule is COc1ccc(-c2nnc(NS(=O)(=O)[C@@H](C)Cc3ncc(F)cn3)n2-c2c(OC)cccc2OC)nc1. The Morgan fingerprint density at radius 3 is 2.19 bits per heavy atom. The molecule has 3 aromatic heterocycles. The predicted octanol–water partition coefficient (Wildman–Crippen LogP) is 2.66. The zero-order chi connectivity index (χ0) is 26.6. The minimum Gasteiger partial charge on any atom is -0.495 e. The van der Waals surface area contributed by atoms with Crippen LogP contribution in [0.2, 0.25) is 0 Å². The van der Waals surface area contributed by atoms with Crippen molar-refractivity contribution in [1.82, 2.24) is 29.7 Å². The molecule has 12 nitrogen and oxygen atoms in total. The van der Waals surface area contributed by atoms with E-state index in [1.807, 2.05) is 0 Å². The molecule has 0 saturated heterocycles. The van der Waals surface area contributed by atoms with E-state index < -0.39 is 21.1 Å². The van der Waals surface area contributed by atoms with Crippen LogP contribution >= 0.6 is 0 Å². The second-order valence-corrected chi connectivity index (χ2v) is 9.86. The van der Waals surface area contributed by atoms with E-state index >= 15 is 0 Å². The third-order valence-corrected chi connectivity index (χ3v) is 7.09. The lowest BCUT2D eigenvalue weighted by Crippen LogP contribution is -2.29. The van der Waals surface area contributed by atoms with Gasteiger partial charge in [-0.1, -0.05) is 6.07 Å². The number of nitrogens with zero attached hydrogens (tertiary/aromatic N) is 6. The molecule has 1 N–H and O–H groups in total. The summed E-state index contributed by atoms with van der Waals surface area (Å²) in [6.07, 6.45) is 3.40. The molecule has 0 saturated carbocycles. The van der Waals surface area contributed by atoms with Crippen molar-refractivity contribution in [2.24, 2.45) is 0 Å². The molecule has 0 bridgehead atoms. The molecule has 0 unspecified atom stereocenters. The Bertz CT molecular complexity index is 1460. The van der Waals surface area contributed by atoms with Gasteiger partial charge in [0.25, 0.3) is 0 Å². The molecule has 0 spiro atoms. The lowest BCUT2D eigenvalue weighted by Gasteiger charge is -2.18. The number of methoxy groups -OCH3 is 3. The first-order valence-corrected chi connectivity index (χ1v) is 12.5. The van der Waals surface area contributed by atoms with Gasteiger partial charge in [0.2, 0.25) is 16.0 Å². The summed E-state index contributed by atoms with van der Waals surface area (Å²) >= 11 is 0. The molecule has 0 radical (unpaired) electrons. The Labute approximate surface area is 212 Å². The highest BCUT2D eigenvalue weighted by Gasteiger charge is 2.29. The van der Waals surface area contributed by atoms with Crippen molar-refractivity contribution >= 4 is 16.0 Å². The number of anilines is 1. The summed E-state index contributed by atoms with van der Waals surface area (Å²) in [6.45, 7) is 1.48. The van der Waals surface area contributed by atoms with Crippen molar-refractivity contribution in [3.8, 4) is 34.5 Å². The molecular formula is C23H24FN7O5S. The summed E-state index contributed by atoms with van der Waals surface area (Å²) < 4.78 is 59.9. The highest BCUT2D eigenvalue weighted by atomic mass is 32.2. The van der Waals surface area contributed by atoms with Gasteiger partial charge in [0, 0.05) is 6.42 Å². The number of sulfonamides is 1. The third-order valence-electron chi connectivity index (χ3n) is 5.40. The summed E-state index contributed by atoms with van der Waals surface area (Å²) in [5.41, 5.74) is 0.747. The molecule has 1 aromatic carbocycles. The fourth-order valence-electron chi connectivity index (χ4n) is 3.45. The number of nitrogens with one attached hydrogen (secondary N) is 1. The van der Waals surface area contributed by atoms with Crippen LogP contribution in [0.25, 0.3) is 17.2 Å². The van der Waals surface area contributed by atoms with Gasteiger partial charge in [-0.15, -0.1) is 10.2 Å². The van der Waals surface area contributed by atoms with E-state index in [0.29, 0.717) is 28.6 Å². The van der Waals surface area contributed by atoms with Crippen LogP contribution in [-0.4, -0.2) is 64.7 Å². The Morgan fingerprint density at radius 2 is 1.62 bits per heavy atom. The number of rotatable bonds is 10. The minimum absolute atomic E-state index is 0.0609. The molecule has 1 atom stereocenters. The quantitative estimate of drug-likeness (QED) is 0.326. The zero-order valence-corrected chi connectivity index (χ0v) is 21.2. The fourth-order valence-corrected chi connectivity index (χ4v) is 4.41. The largest absolute Gasteiger partial charge is 0.495 e. The highest BCUT2D eigenvalue weighted by molar-refractivity contribution is 7.93. The Hall–Kier alpha value is -4.33. The van der Waals surface area contributed by atoms with Crippen molar-refractivity contribution in [3.63, 3.8) is 0 Å². The van der Waals surface area contributed by atoms with Gasteiger partial charge < -0.3 is 14.2 Å². The van der Waals surface area contributed by atoms with Gasteiger partial charge >= 0.3 is 0 Å². The standard InChI is InChI=1S/C23H24FN7O5S/c1-14(10-20-26-11-15(24)12-27-20)37(32,33)30-23-29-28-22(17-9-8-16(34-2)13-25-17)31(23)21-18(35-3)6-5-7-19(21)36-4/h5-9,11-14H,10H2,1-4H3,(H,29,30)/t14-/m0/s1. The molecule has 14 heteroatoms. The zero-order valence-electron chi connectivity index (χ0n) is 20.4. The van der Waals surface area contributed by atoms with Gasteiger partial charge in [0.15, 0.2) is 11.6 Å². The fraction of sp³-hybridized carbons (Fsp3) is 0.261. The number of para-hydroxylation sites is 1. The van der Waals surface area contributed by atoms with Gasteiger partial charge in [0.05, 0.1) is 45.2 Å². The summed E-state index contributed by atoms with van der Waals surface area (Å²) in [6, 6.07) is 8.46. The molecule has 0 aliphatic heterocycles. The highest BCUT2D eigenvalue weighted by Crippen LogP contribution is 2.37. The molecule has 194 valence electrons. The van der Waals surface area contributed by atoms with Crippen LogP contribution in [-0.2, 0) is 16.4 Å². The number of benzene rings is 1. The molecule has 4 aromatic rings. The normalized spacial score (nSPS) is 12.1. The van der Waals surface area contributed by atoms with Gasteiger partial charge in [-0.2, -0.15) is 0 Å². The maximum atomic E-state index is 13.3. The van der Waals surface area contributed by atoms with Crippen LogP contribution in [0.1, 0.15) is 12.7 Å². The summed E-state index contributed by atoms with van der Waals surface area (Å²) in [5.74, 6) is 0.942. The van der Waals surface area contributed by atoms with Crippen LogP contribution in [0, 0.1) is 5.82 Å². The number of hydrogen-bond acceptors (Lipinski definition) is 10. The molecule has 37 heavy (non-hydrogen) atoms. The van der Waals surface area contributed by atoms with Crippen LogP contribution < -0.4 is 18.9 Å². The second kappa shape index (κ2) is 10.7. The first kappa shape index (κ1) is 25.8. The molecule has 0 amide bonds. The van der Waals surface area contributed by atoms with E-state index in [0.717, 1.165) is 12.4 Å². The number of pyridine rings is 1. The lowest BCUT2D eigenvalue weighted by molar-refractivity contribution is 0.391. The van der Waals surface area contributed by atoms with Crippen molar-refractivity contribution < 1.29 is 27.0 Å². The number of ether oxygens (including phenoxy) is 3. The molecule has 3 heterocycles. The average Bonchev–Trinajstić information content (AvgIpc) is 3.31. The number of aromatic nitrogens is 6. The maximum absolute atomic E-state index is 13.3. The number of hydrogen-bond donors (Lipinski definition) is 1. The van der Waals surface area contributed by atoms with Gasteiger partial charge in [-0.25, -0.2) is 27.8 Å². The van der Waals surface area contributed by atoms with E-state index in [2.05, 4.69) is 29.9 Å². The van der Waals surface area contributed by atoms with Crippen molar-refractivity contribution in [3.05, 3.63) is 60.6 Å². The van der Waals surface area contributed by atoms with Crippen molar-refractivity contribution in [1.29, 1.82) is 0 Å². The topological polar surface area (TPSA) is 143 Å². The van der Waals surface area contributed by atoms with E-state index in [4.69, 9.17) is 14.2 Å². The first-order valence-electron chi connectivity index (χ1n) is 10.9. The third kappa shape index (κ3) is 5.43. The maximum Gasteiger partial charge on any atom is 0.243 e. The number of halogens is 1. The minimum atomic E-state index is -4.04. The summed E-state index contributed by atoms with van der Waals surface area (Å²) in [4.78, 5) is 12.1. The van der Waals surface area contributed by atoms with E-state index in [1.54, 1.807) is 30.3 Å². The van der Waals surface area contributed by atoms with Gasteiger partial charge in [0.1, 0.15) is 34.5 Å². The molecular weight excluding hydrogens is 505 g/mol. The predicted molar refractivity (Wildman–Crippen MR) is 132 cm³/mol. The molecule has 0 aliphatic carbocycles. The van der Waals surface area contributed by atoms with Crippen LogP contribution in [0.5, 0.6) is 17.2 Å². The molecule has 0 fully saturated rings. The van der Waals surface area contributed by atoms with E-state index in [9.17, 15) is 12.8 Å². The van der Waals surface area contributed by atoms with Crippen LogP contribution in [0.4, 0.5) is 10.3 Å². The monoisotopic (exact) mass is 529 g/mol. The summed E-state index contributed by atoms with van der Waals surface area (Å²) in [7, 11) is 0.427. The average molecular weight is 530 g/mol. The van der Waals surface area contributed by atoms with Gasteiger partial charge in [-0.05, 0) is 31.2 Å². The van der Waals surface area contributed by atoms with Gasteiger partial charge in [-0.3, -0.25) is 9.29 Å². The first-order chi connectivity index (χ1) is 17.8. The van der Waals surface area contributed by atoms with Crippen LogP contribution in [0.15, 0.2) is 48.9 Å².